The van der Waals surface area contributed by atoms with Crippen molar-refractivity contribution in [3.05, 3.63) is 11.6 Å². The Hall–Kier alpha value is -0.340. The summed E-state index contributed by atoms with van der Waals surface area (Å²) in [5.74, 6) is 5.40. The zero-order valence-electron chi connectivity index (χ0n) is 19.4. The van der Waals surface area contributed by atoms with E-state index in [0.29, 0.717) is 10.8 Å². The lowest BCUT2D eigenvalue weighted by atomic mass is 9.47. The van der Waals surface area contributed by atoms with Crippen molar-refractivity contribution in [3.8, 4) is 0 Å². The fraction of sp³-hybridized carbons (Fsp3) is 0.923. The maximum atomic E-state index is 10.2. The third kappa shape index (κ3) is 3.62. The molecule has 2 nitrogen and oxygen atoms in total. The smallest absolute Gasteiger partial charge is 0.0577 e. The van der Waals surface area contributed by atoms with Gasteiger partial charge in [0, 0.05) is 7.11 Å². The summed E-state index contributed by atoms with van der Waals surface area (Å²) in [7, 11) is 1.00. The number of rotatable bonds is 3. The highest BCUT2D eigenvalue weighted by Gasteiger charge is 2.59. The van der Waals surface area contributed by atoms with Gasteiger partial charge in [0.1, 0.15) is 0 Å². The Morgan fingerprint density at radius 2 is 1.71 bits per heavy atom. The predicted molar refractivity (Wildman–Crippen MR) is 118 cm³/mol. The Balaban J connectivity index is 0.00000109. The largest absolute Gasteiger partial charge is 0.400 e. The molecule has 0 amide bonds. The van der Waals surface area contributed by atoms with Crippen molar-refractivity contribution in [1.82, 2.24) is 0 Å². The van der Waals surface area contributed by atoms with Gasteiger partial charge in [-0.2, -0.15) is 0 Å². The molecule has 4 aliphatic carbocycles. The summed E-state index contributed by atoms with van der Waals surface area (Å²) < 4.78 is 0. The molecule has 0 radical (unpaired) electrons. The van der Waals surface area contributed by atoms with Crippen LogP contribution in [0.1, 0.15) is 92.4 Å². The molecule has 2 heteroatoms. The van der Waals surface area contributed by atoms with E-state index in [-0.39, 0.29) is 6.10 Å². The molecular formula is C26H46O2. The van der Waals surface area contributed by atoms with Crippen LogP contribution >= 0.6 is 0 Å². The standard InChI is InChI=1S/C25H42O.CH4O/c1-16(2)14-17(3)21-8-9-22-20-7-6-18-15-19(26)10-12-24(18,4)23(20)11-13-25(21,22)5;1-2/h6,16-17,19-23,26H,7-15H2,1-5H3;2H,1H3/t17-,19+,20?,21?,22?,23?,24?,25?;/m1./s1. The summed E-state index contributed by atoms with van der Waals surface area (Å²) in [6.45, 7) is 12.6. The minimum atomic E-state index is -0.0764. The minimum absolute atomic E-state index is 0.0764. The molecule has 162 valence electrons. The SMILES string of the molecule is CC(C)C[C@@H](C)C1CCC2C3CC=C4C[C@@H](O)CCC4(C)C3CCC21C.CO. The van der Waals surface area contributed by atoms with Crippen LogP contribution in [-0.4, -0.2) is 23.4 Å². The van der Waals surface area contributed by atoms with Crippen LogP contribution in [0.5, 0.6) is 0 Å². The van der Waals surface area contributed by atoms with Crippen LogP contribution in [0.2, 0.25) is 0 Å². The van der Waals surface area contributed by atoms with Gasteiger partial charge in [-0.25, -0.2) is 0 Å². The monoisotopic (exact) mass is 390 g/mol. The fourth-order valence-corrected chi connectivity index (χ4v) is 8.52. The van der Waals surface area contributed by atoms with Gasteiger partial charge in [0.25, 0.3) is 0 Å². The van der Waals surface area contributed by atoms with Crippen molar-refractivity contribution in [3.63, 3.8) is 0 Å². The van der Waals surface area contributed by atoms with Gasteiger partial charge in [0.15, 0.2) is 0 Å². The summed E-state index contributed by atoms with van der Waals surface area (Å²) in [5, 5.41) is 17.2. The van der Waals surface area contributed by atoms with Crippen LogP contribution in [0, 0.1) is 46.3 Å². The van der Waals surface area contributed by atoms with E-state index in [2.05, 4.69) is 40.7 Å². The van der Waals surface area contributed by atoms with E-state index in [1.54, 1.807) is 5.57 Å². The van der Waals surface area contributed by atoms with Gasteiger partial charge in [0.2, 0.25) is 0 Å². The van der Waals surface area contributed by atoms with Crippen molar-refractivity contribution in [2.45, 2.75) is 98.5 Å². The van der Waals surface area contributed by atoms with Crippen molar-refractivity contribution >= 4 is 0 Å². The molecule has 4 rings (SSSR count). The Morgan fingerprint density at radius 1 is 1.00 bits per heavy atom. The average molecular weight is 391 g/mol. The second-order valence-corrected chi connectivity index (χ2v) is 11.5. The number of aliphatic hydroxyl groups excluding tert-OH is 2. The van der Waals surface area contributed by atoms with Crippen molar-refractivity contribution < 1.29 is 10.2 Å². The van der Waals surface area contributed by atoms with E-state index < -0.39 is 0 Å². The first-order valence-corrected chi connectivity index (χ1v) is 12.1. The molecule has 28 heavy (non-hydrogen) atoms. The maximum Gasteiger partial charge on any atom is 0.0577 e. The number of aliphatic hydroxyl groups is 2. The molecule has 0 spiro atoms. The van der Waals surface area contributed by atoms with Crippen molar-refractivity contribution in [1.29, 1.82) is 0 Å². The zero-order chi connectivity index (χ0) is 20.7. The molecule has 6 unspecified atom stereocenters. The first kappa shape index (κ1) is 22.3. The average Bonchev–Trinajstić information content (AvgIpc) is 3.01. The van der Waals surface area contributed by atoms with Gasteiger partial charge < -0.3 is 10.2 Å². The van der Waals surface area contributed by atoms with Crippen molar-refractivity contribution in [2.75, 3.05) is 7.11 Å². The van der Waals surface area contributed by atoms with Crippen LogP contribution in [-0.2, 0) is 0 Å². The molecule has 0 aromatic heterocycles. The van der Waals surface area contributed by atoms with Gasteiger partial charge in [-0.15, -0.1) is 0 Å². The van der Waals surface area contributed by atoms with Crippen LogP contribution in [0.25, 0.3) is 0 Å². The van der Waals surface area contributed by atoms with Gasteiger partial charge in [-0.3, -0.25) is 0 Å². The molecule has 0 aromatic rings. The van der Waals surface area contributed by atoms with Gasteiger partial charge in [-0.1, -0.05) is 46.3 Å². The first-order chi connectivity index (χ1) is 13.3. The molecule has 4 aliphatic rings. The third-order valence-electron chi connectivity index (χ3n) is 9.68. The molecule has 0 bridgehead atoms. The van der Waals surface area contributed by atoms with Gasteiger partial charge in [0.05, 0.1) is 6.10 Å². The van der Waals surface area contributed by atoms with Crippen molar-refractivity contribution in [2.24, 2.45) is 46.3 Å². The van der Waals surface area contributed by atoms with Gasteiger partial charge >= 0.3 is 0 Å². The lowest BCUT2D eigenvalue weighted by Crippen LogP contribution is -2.50. The van der Waals surface area contributed by atoms with E-state index in [1.807, 2.05) is 0 Å². The zero-order valence-corrected chi connectivity index (χ0v) is 19.4. The highest BCUT2D eigenvalue weighted by molar-refractivity contribution is 5.25. The topological polar surface area (TPSA) is 40.5 Å². The number of hydrogen-bond donors (Lipinski definition) is 2. The maximum absolute atomic E-state index is 10.2. The lowest BCUT2D eigenvalue weighted by Gasteiger charge is -2.58. The molecule has 2 N–H and O–H groups in total. The van der Waals surface area contributed by atoms with E-state index in [0.717, 1.165) is 55.5 Å². The van der Waals surface area contributed by atoms with Crippen LogP contribution in [0.15, 0.2) is 11.6 Å². The molecular weight excluding hydrogens is 344 g/mol. The van der Waals surface area contributed by atoms with Crippen LogP contribution in [0.3, 0.4) is 0 Å². The normalized spacial score (nSPS) is 45.9. The van der Waals surface area contributed by atoms with Crippen LogP contribution < -0.4 is 0 Å². The lowest BCUT2D eigenvalue weighted by molar-refractivity contribution is -0.0577. The predicted octanol–water partition coefficient (Wildman–Crippen LogP) is 6.22. The van der Waals surface area contributed by atoms with Gasteiger partial charge in [-0.05, 0) is 104 Å². The Bertz CT molecular complexity index is 567. The number of allylic oxidation sites excluding steroid dienone is 1. The van der Waals surface area contributed by atoms with E-state index in [9.17, 15) is 5.11 Å². The Morgan fingerprint density at radius 3 is 2.39 bits per heavy atom. The minimum Gasteiger partial charge on any atom is -0.400 e. The van der Waals surface area contributed by atoms with E-state index in [1.165, 1.54) is 44.9 Å². The molecule has 8 atom stereocenters. The van der Waals surface area contributed by atoms with E-state index in [4.69, 9.17) is 5.11 Å². The number of hydrogen-bond acceptors (Lipinski definition) is 2. The highest BCUT2D eigenvalue weighted by atomic mass is 16.3. The highest BCUT2D eigenvalue weighted by Crippen LogP contribution is 2.67. The Kier molecular flexibility index (Phi) is 6.72. The molecule has 0 aromatic carbocycles. The summed E-state index contributed by atoms with van der Waals surface area (Å²) in [5.41, 5.74) is 2.60. The third-order valence-corrected chi connectivity index (χ3v) is 9.68. The molecule has 3 fully saturated rings. The molecule has 0 heterocycles. The summed E-state index contributed by atoms with van der Waals surface area (Å²) in [6, 6.07) is 0. The quantitative estimate of drug-likeness (QED) is 0.562. The first-order valence-electron chi connectivity index (χ1n) is 12.1. The molecule has 3 saturated carbocycles. The summed E-state index contributed by atoms with van der Waals surface area (Å²) >= 11 is 0. The molecule has 0 aliphatic heterocycles. The summed E-state index contributed by atoms with van der Waals surface area (Å²) in [6.07, 6.45) is 14.3. The summed E-state index contributed by atoms with van der Waals surface area (Å²) in [4.78, 5) is 0. The second-order valence-electron chi connectivity index (χ2n) is 11.5. The van der Waals surface area contributed by atoms with E-state index >= 15 is 0 Å². The Labute approximate surface area is 174 Å². The van der Waals surface area contributed by atoms with Crippen LogP contribution in [0.4, 0.5) is 0 Å². The fourth-order valence-electron chi connectivity index (χ4n) is 8.52. The molecule has 0 saturated heterocycles. The number of fused-ring (bicyclic) bond motifs is 5. The second kappa shape index (κ2) is 8.42.